The Balaban J connectivity index is 3.96. The summed E-state index contributed by atoms with van der Waals surface area (Å²) in [7, 11) is 1.81. The predicted octanol–water partition coefficient (Wildman–Crippen LogP) is 3.35. The Bertz CT molecular complexity index is 306. The van der Waals surface area contributed by atoms with E-state index < -0.39 is 5.97 Å². The largest absolute Gasteiger partial charge is 0.481 e. The van der Waals surface area contributed by atoms with E-state index in [1.54, 1.807) is 4.90 Å². The summed E-state index contributed by atoms with van der Waals surface area (Å²) in [5, 5.41) is 11.7. The molecule has 0 saturated carbocycles. The Morgan fingerprint density at radius 2 is 1.86 bits per heavy atom. The smallest absolute Gasteiger partial charge is 0.317 e. The molecule has 1 atom stereocenters. The summed E-state index contributed by atoms with van der Waals surface area (Å²) in [6.07, 6.45) is 5.04. The maximum atomic E-state index is 11.9. The van der Waals surface area contributed by atoms with Gasteiger partial charge in [0, 0.05) is 26.6 Å². The first-order valence-corrected chi connectivity index (χ1v) is 8.09. The van der Waals surface area contributed by atoms with Gasteiger partial charge in [-0.2, -0.15) is 0 Å². The highest BCUT2D eigenvalue weighted by Gasteiger charge is 2.15. The molecule has 21 heavy (non-hydrogen) atoms. The standard InChI is InChI=1S/C16H32N2O3/c1-5-6-7-12-18(4)16(21)17-11-10-14(13(2)3)8-9-15(19)20/h13-14H,5-12H2,1-4H3,(H,17,21)(H,19,20). The van der Waals surface area contributed by atoms with E-state index in [0.717, 1.165) is 32.2 Å². The Morgan fingerprint density at radius 3 is 2.38 bits per heavy atom. The van der Waals surface area contributed by atoms with Crippen LogP contribution in [0.2, 0.25) is 0 Å². The average Bonchev–Trinajstić information content (AvgIpc) is 2.41. The first-order chi connectivity index (χ1) is 9.88. The second-order valence-corrected chi connectivity index (χ2v) is 6.09. The number of unbranched alkanes of at least 4 members (excludes halogenated alkanes) is 2. The number of urea groups is 1. The lowest BCUT2D eigenvalue weighted by atomic mass is 9.88. The van der Waals surface area contributed by atoms with E-state index >= 15 is 0 Å². The highest BCUT2D eigenvalue weighted by Crippen LogP contribution is 2.20. The van der Waals surface area contributed by atoms with Crippen LogP contribution in [0.25, 0.3) is 0 Å². The minimum atomic E-state index is -0.750. The average molecular weight is 300 g/mol. The fourth-order valence-electron chi connectivity index (χ4n) is 2.32. The van der Waals surface area contributed by atoms with Crippen molar-refractivity contribution in [3.8, 4) is 0 Å². The molecule has 0 rings (SSSR count). The fraction of sp³-hybridized carbons (Fsp3) is 0.875. The Kier molecular flexibility index (Phi) is 10.7. The SMILES string of the molecule is CCCCCN(C)C(=O)NCCC(CCC(=O)O)C(C)C. The van der Waals surface area contributed by atoms with Gasteiger partial charge in [0.1, 0.15) is 0 Å². The summed E-state index contributed by atoms with van der Waals surface area (Å²) < 4.78 is 0. The van der Waals surface area contributed by atoms with E-state index in [9.17, 15) is 9.59 Å². The van der Waals surface area contributed by atoms with Gasteiger partial charge in [0.2, 0.25) is 0 Å². The number of carbonyl (C=O) groups is 2. The quantitative estimate of drug-likeness (QED) is 0.575. The van der Waals surface area contributed by atoms with Crippen LogP contribution < -0.4 is 5.32 Å². The van der Waals surface area contributed by atoms with E-state index in [1.807, 2.05) is 7.05 Å². The Morgan fingerprint density at radius 1 is 1.19 bits per heavy atom. The van der Waals surface area contributed by atoms with Gasteiger partial charge in [-0.25, -0.2) is 4.79 Å². The third kappa shape index (κ3) is 10.2. The van der Waals surface area contributed by atoms with E-state index in [4.69, 9.17) is 5.11 Å². The van der Waals surface area contributed by atoms with Crippen LogP contribution in [0.3, 0.4) is 0 Å². The monoisotopic (exact) mass is 300 g/mol. The molecule has 0 aliphatic rings. The van der Waals surface area contributed by atoms with Crippen molar-refractivity contribution >= 4 is 12.0 Å². The maximum Gasteiger partial charge on any atom is 0.317 e. The van der Waals surface area contributed by atoms with Gasteiger partial charge < -0.3 is 15.3 Å². The van der Waals surface area contributed by atoms with Gasteiger partial charge in [-0.05, 0) is 31.1 Å². The highest BCUT2D eigenvalue weighted by molar-refractivity contribution is 5.73. The molecule has 0 aliphatic heterocycles. The van der Waals surface area contributed by atoms with E-state index in [0.29, 0.717) is 24.8 Å². The van der Waals surface area contributed by atoms with Crippen LogP contribution in [0.5, 0.6) is 0 Å². The van der Waals surface area contributed by atoms with Crippen LogP contribution in [0, 0.1) is 11.8 Å². The molecule has 2 amide bonds. The number of hydrogen-bond donors (Lipinski definition) is 2. The van der Waals surface area contributed by atoms with Gasteiger partial charge in [-0.3, -0.25) is 4.79 Å². The fourth-order valence-corrected chi connectivity index (χ4v) is 2.32. The summed E-state index contributed by atoms with van der Waals surface area (Å²) in [6.45, 7) is 7.74. The summed E-state index contributed by atoms with van der Waals surface area (Å²) in [5.41, 5.74) is 0. The third-order valence-corrected chi connectivity index (χ3v) is 3.91. The molecule has 0 aromatic heterocycles. The molecule has 2 N–H and O–H groups in total. The van der Waals surface area contributed by atoms with E-state index in [-0.39, 0.29) is 12.5 Å². The van der Waals surface area contributed by atoms with Crippen molar-refractivity contribution in [1.82, 2.24) is 10.2 Å². The van der Waals surface area contributed by atoms with Crippen molar-refractivity contribution in [1.29, 1.82) is 0 Å². The van der Waals surface area contributed by atoms with Crippen LogP contribution in [0.15, 0.2) is 0 Å². The first kappa shape index (κ1) is 19.7. The molecule has 5 nitrogen and oxygen atoms in total. The molecule has 124 valence electrons. The van der Waals surface area contributed by atoms with Crippen LogP contribution >= 0.6 is 0 Å². The third-order valence-electron chi connectivity index (χ3n) is 3.91. The van der Waals surface area contributed by atoms with Crippen molar-refractivity contribution in [2.24, 2.45) is 11.8 Å². The molecule has 0 saturated heterocycles. The number of hydrogen-bond acceptors (Lipinski definition) is 2. The molecule has 0 aromatic carbocycles. The topological polar surface area (TPSA) is 69.6 Å². The zero-order valence-electron chi connectivity index (χ0n) is 14.0. The van der Waals surface area contributed by atoms with Gasteiger partial charge in [-0.15, -0.1) is 0 Å². The zero-order valence-corrected chi connectivity index (χ0v) is 14.0. The maximum absolute atomic E-state index is 11.9. The number of rotatable bonds is 11. The van der Waals surface area contributed by atoms with Crippen LogP contribution in [-0.4, -0.2) is 42.1 Å². The molecule has 0 spiro atoms. The lowest BCUT2D eigenvalue weighted by molar-refractivity contribution is -0.137. The number of carbonyl (C=O) groups excluding carboxylic acids is 1. The molecule has 1 unspecified atom stereocenters. The van der Waals surface area contributed by atoms with Crippen LogP contribution in [0.1, 0.15) is 59.3 Å². The molecule has 5 heteroatoms. The first-order valence-electron chi connectivity index (χ1n) is 8.09. The Hall–Kier alpha value is -1.26. The van der Waals surface area contributed by atoms with Gasteiger partial charge in [0.05, 0.1) is 0 Å². The number of nitrogens with zero attached hydrogens (tertiary/aromatic N) is 1. The van der Waals surface area contributed by atoms with Crippen molar-refractivity contribution in [3.63, 3.8) is 0 Å². The molecule has 0 radical (unpaired) electrons. The second kappa shape index (κ2) is 11.4. The minimum Gasteiger partial charge on any atom is -0.481 e. The molecule has 0 fully saturated rings. The lowest BCUT2D eigenvalue weighted by Gasteiger charge is -2.22. The van der Waals surface area contributed by atoms with Crippen molar-refractivity contribution in [2.45, 2.75) is 59.3 Å². The van der Waals surface area contributed by atoms with E-state index in [1.165, 1.54) is 0 Å². The summed E-state index contributed by atoms with van der Waals surface area (Å²) >= 11 is 0. The van der Waals surface area contributed by atoms with Gasteiger partial charge in [0.15, 0.2) is 0 Å². The second-order valence-electron chi connectivity index (χ2n) is 6.09. The summed E-state index contributed by atoms with van der Waals surface area (Å²) in [6, 6.07) is -0.0353. The number of amides is 2. The van der Waals surface area contributed by atoms with Crippen LogP contribution in [-0.2, 0) is 4.79 Å². The highest BCUT2D eigenvalue weighted by atomic mass is 16.4. The minimum absolute atomic E-state index is 0.0353. The summed E-state index contributed by atoms with van der Waals surface area (Å²) in [4.78, 5) is 24.2. The number of nitrogens with one attached hydrogen (secondary N) is 1. The van der Waals surface area contributed by atoms with Crippen LogP contribution in [0.4, 0.5) is 4.79 Å². The number of aliphatic carboxylic acids is 1. The van der Waals surface area contributed by atoms with Gasteiger partial charge in [-0.1, -0.05) is 33.6 Å². The van der Waals surface area contributed by atoms with Gasteiger partial charge in [0.25, 0.3) is 0 Å². The normalized spacial score (nSPS) is 12.2. The molecule has 0 aliphatic carbocycles. The number of carboxylic acid groups (broad SMARTS) is 1. The molecular weight excluding hydrogens is 268 g/mol. The Labute approximate surface area is 129 Å². The van der Waals surface area contributed by atoms with Crippen molar-refractivity contribution in [2.75, 3.05) is 20.1 Å². The van der Waals surface area contributed by atoms with Crippen molar-refractivity contribution in [3.05, 3.63) is 0 Å². The molecule has 0 aromatic rings. The zero-order chi connectivity index (χ0) is 16.3. The van der Waals surface area contributed by atoms with Crippen molar-refractivity contribution < 1.29 is 14.7 Å². The van der Waals surface area contributed by atoms with Gasteiger partial charge >= 0.3 is 12.0 Å². The number of carboxylic acids is 1. The summed E-state index contributed by atoms with van der Waals surface area (Å²) in [5.74, 6) is 0.0238. The van der Waals surface area contributed by atoms with E-state index in [2.05, 4.69) is 26.1 Å². The lowest BCUT2D eigenvalue weighted by Crippen LogP contribution is -2.38. The molecule has 0 bridgehead atoms. The molecule has 0 heterocycles. The predicted molar refractivity (Wildman–Crippen MR) is 85.4 cm³/mol. The molecular formula is C16H32N2O3.